The van der Waals surface area contributed by atoms with E-state index in [9.17, 15) is 13.5 Å². The Morgan fingerprint density at radius 2 is 2.10 bits per heavy atom. The Morgan fingerprint density at radius 3 is 2.71 bits per heavy atom. The summed E-state index contributed by atoms with van der Waals surface area (Å²) in [6.07, 6.45) is 4.17. The molecule has 0 aliphatic heterocycles. The van der Waals surface area contributed by atoms with Crippen molar-refractivity contribution in [1.82, 2.24) is 19.2 Å². The zero-order valence-corrected chi connectivity index (χ0v) is 13.3. The predicted octanol–water partition coefficient (Wildman–Crippen LogP) is 1.78. The Balaban J connectivity index is 2.41. The van der Waals surface area contributed by atoms with Crippen molar-refractivity contribution < 1.29 is 13.5 Å². The van der Waals surface area contributed by atoms with Gasteiger partial charge in [0.1, 0.15) is 5.65 Å². The van der Waals surface area contributed by atoms with E-state index in [1.165, 1.54) is 21.5 Å². The molecule has 0 bridgehead atoms. The molecule has 0 aliphatic rings. The zero-order valence-electron chi connectivity index (χ0n) is 10.9. The van der Waals surface area contributed by atoms with Crippen LogP contribution in [0.25, 0.3) is 11.5 Å². The second kappa shape index (κ2) is 4.85. The van der Waals surface area contributed by atoms with Gasteiger partial charge in [-0.3, -0.25) is 4.40 Å². The highest BCUT2D eigenvalue weighted by atomic mass is 79.9. The van der Waals surface area contributed by atoms with Gasteiger partial charge in [-0.05, 0) is 28.1 Å². The summed E-state index contributed by atoms with van der Waals surface area (Å²) in [5.74, 6) is 0.0384. The van der Waals surface area contributed by atoms with Gasteiger partial charge >= 0.3 is 0 Å². The summed E-state index contributed by atoms with van der Waals surface area (Å²) in [5.41, 5.74) is 0.482. The number of sulfone groups is 1. The summed E-state index contributed by atoms with van der Waals surface area (Å²) in [7, 11) is -3.53. The number of halogens is 1. The van der Waals surface area contributed by atoms with Crippen molar-refractivity contribution in [3.8, 4) is 11.6 Å². The second-order valence-electron chi connectivity index (χ2n) is 4.36. The van der Waals surface area contributed by atoms with Crippen LogP contribution in [0, 0.1) is 0 Å². The van der Waals surface area contributed by atoms with Crippen LogP contribution in [-0.2, 0) is 9.84 Å². The van der Waals surface area contributed by atoms with Crippen molar-refractivity contribution in [2.75, 3.05) is 5.75 Å². The summed E-state index contributed by atoms with van der Waals surface area (Å²) in [4.78, 5) is 4.30. The Bertz CT molecular complexity index is 929. The van der Waals surface area contributed by atoms with E-state index < -0.39 is 9.84 Å². The molecular weight excluding hydrogens is 360 g/mol. The van der Waals surface area contributed by atoms with E-state index in [4.69, 9.17) is 0 Å². The van der Waals surface area contributed by atoms with Gasteiger partial charge in [0.25, 0.3) is 0 Å². The van der Waals surface area contributed by atoms with E-state index in [-0.39, 0.29) is 22.3 Å². The lowest BCUT2D eigenvalue weighted by molar-refractivity contribution is 0.475. The molecule has 0 aromatic carbocycles. The maximum Gasteiger partial charge on any atom is 0.197 e. The fraction of sp³-hybridized carbons (Fsp3) is 0.167. The Morgan fingerprint density at radius 1 is 1.33 bits per heavy atom. The predicted molar refractivity (Wildman–Crippen MR) is 79.4 cm³/mol. The van der Waals surface area contributed by atoms with E-state index >= 15 is 0 Å². The van der Waals surface area contributed by atoms with Crippen LogP contribution in [0.4, 0.5) is 0 Å². The largest absolute Gasteiger partial charge is 0.505 e. The van der Waals surface area contributed by atoms with Crippen LogP contribution in [0.3, 0.4) is 0 Å². The molecular formula is C12H11BrN4O3S. The molecule has 3 rings (SSSR count). The van der Waals surface area contributed by atoms with Crippen molar-refractivity contribution in [1.29, 1.82) is 0 Å². The number of pyridine rings is 1. The summed E-state index contributed by atoms with van der Waals surface area (Å²) in [6, 6.07) is 3.47. The number of aromatic nitrogens is 4. The summed E-state index contributed by atoms with van der Waals surface area (Å²) in [6.45, 7) is 1.57. The van der Waals surface area contributed by atoms with Crippen LogP contribution in [0.2, 0.25) is 0 Å². The van der Waals surface area contributed by atoms with Gasteiger partial charge in [0.2, 0.25) is 0 Å². The van der Waals surface area contributed by atoms with Gasteiger partial charge < -0.3 is 5.11 Å². The molecule has 110 valence electrons. The first kappa shape index (κ1) is 14.1. The van der Waals surface area contributed by atoms with Crippen LogP contribution in [0.5, 0.6) is 5.75 Å². The normalized spacial score (nSPS) is 12.1. The molecule has 0 aliphatic carbocycles. The number of fused-ring (bicyclic) bond motifs is 1. The van der Waals surface area contributed by atoms with Crippen LogP contribution in [0.15, 0.2) is 40.2 Å². The second-order valence-corrected chi connectivity index (χ2v) is 7.47. The zero-order chi connectivity index (χ0) is 15.2. The summed E-state index contributed by atoms with van der Waals surface area (Å²) in [5, 5.41) is 13.4. The van der Waals surface area contributed by atoms with E-state index in [1.807, 2.05) is 0 Å². The van der Waals surface area contributed by atoms with Crippen LogP contribution >= 0.6 is 15.9 Å². The maximum atomic E-state index is 12.4. The molecule has 7 nitrogen and oxygen atoms in total. The van der Waals surface area contributed by atoms with Crippen LogP contribution < -0.4 is 0 Å². The highest BCUT2D eigenvalue weighted by molar-refractivity contribution is 9.10. The molecule has 0 saturated carbocycles. The average molecular weight is 371 g/mol. The average Bonchev–Trinajstić information content (AvgIpc) is 3.02. The molecule has 0 fully saturated rings. The van der Waals surface area contributed by atoms with Gasteiger partial charge in [0.05, 0.1) is 18.1 Å². The molecule has 3 aromatic rings. The Hall–Kier alpha value is -1.87. The Labute approximate surface area is 128 Å². The van der Waals surface area contributed by atoms with Crippen molar-refractivity contribution >= 4 is 31.4 Å². The minimum absolute atomic E-state index is 0.0457. The topological polar surface area (TPSA) is 89.5 Å². The number of hydrogen-bond acceptors (Lipinski definition) is 5. The van der Waals surface area contributed by atoms with E-state index in [1.54, 1.807) is 25.3 Å². The standard InChI is InChI=1S/C12H11BrN4O3S/c1-2-21(19,20)12-11(17-7-9(18)5-14-17)15-10-4-3-8(13)6-16(10)12/h3-7,18H,2H2,1H3. The fourth-order valence-electron chi connectivity index (χ4n) is 1.99. The molecule has 9 heteroatoms. The lowest BCUT2D eigenvalue weighted by Crippen LogP contribution is -2.11. The van der Waals surface area contributed by atoms with E-state index in [0.29, 0.717) is 5.65 Å². The highest BCUT2D eigenvalue weighted by Gasteiger charge is 2.25. The molecule has 0 atom stereocenters. The number of imidazole rings is 1. The molecule has 3 heterocycles. The van der Waals surface area contributed by atoms with E-state index in [0.717, 1.165) is 4.47 Å². The molecule has 0 unspecified atom stereocenters. The quantitative estimate of drug-likeness (QED) is 0.758. The van der Waals surface area contributed by atoms with Crippen LogP contribution in [0.1, 0.15) is 6.92 Å². The third-order valence-electron chi connectivity index (χ3n) is 2.98. The van der Waals surface area contributed by atoms with Gasteiger partial charge in [0.15, 0.2) is 26.4 Å². The molecule has 3 aromatic heterocycles. The third-order valence-corrected chi connectivity index (χ3v) is 5.18. The smallest absolute Gasteiger partial charge is 0.197 e. The highest BCUT2D eigenvalue weighted by Crippen LogP contribution is 2.25. The first-order valence-electron chi connectivity index (χ1n) is 6.07. The van der Waals surface area contributed by atoms with Gasteiger partial charge in [-0.25, -0.2) is 18.1 Å². The van der Waals surface area contributed by atoms with Crippen molar-refractivity contribution in [2.45, 2.75) is 11.9 Å². The van der Waals surface area contributed by atoms with Gasteiger partial charge in [-0.1, -0.05) is 6.92 Å². The summed E-state index contributed by atoms with van der Waals surface area (Å²) >= 11 is 3.32. The monoisotopic (exact) mass is 370 g/mol. The molecule has 0 spiro atoms. The van der Waals surface area contributed by atoms with Crippen molar-refractivity contribution in [2.24, 2.45) is 0 Å². The fourth-order valence-corrected chi connectivity index (χ4v) is 3.46. The summed E-state index contributed by atoms with van der Waals surface area (Å²) < 4.78 is 28.3. The minimum atomic E-state index is -3.53. The number of aromatic hydroxyl groups is 1. The van der Waals surface area contributed by atoms with Crippen molar-refractivity contribution in [3.05, 3.63) is 35.2 Å². The Kier molecular flexibility index (Phi) is 3.25. The number of rotatable bonds is 3. The number of hydrogen-bond donors (Lipinski definition) is 1. The third kappa shape index (κ3) is 2.32. The first-order valence-corrected chi connectivity index (χ1v) is 8.51. The molecule has 0 saturated heterocycles. The van der Waals surface area contributed by atoms with Gasteiger partial charge in [-0.15, -0.1) is 0 Å². The molecule has 21 heavy (non-hydrogen) atoms. The number of nitrogens with zero attached hydrogens (tertiary/aromatic N) is 4. The lowest BCUT2D eigenvalue weighted by Gasteiger charge is -2.04. The van der Waals surface area contributed by atoms with Gasteiger partial charge in [0, 0.05) is 10.7 Å². The first-order chi connectivity index (χ1) is 9.92. The maximum absolute atomic E-state index is 12.4. The molecule has 0 radical (unpaired) electrons. The minimum Gasteiger partial charge on any atom is -0.505 e. The lowest BCUT2D eigenvalue weighted by atomic mass is 10.5. The molecule has 0 amide bonds. The van der Waals surface area contributed by atoms with Crippen molar-refractivity contribution in [3.63, 3.8) is 0 Å². The SMILES string of the molecule is CCS(=O)(=O)c1c(-n2cc(O)cn2)nc2ccc(Br)cn12. The molecule has 1 N–H and O–H groups in total. The van der Waals surface area contributed by atoms with Gasteiger partial charge in [-0.2, -0.15) is 5.10 Å². The van der Waals surface area contributed by atoms with E-state index in [2.05, 4.69) is 26.0 Å². The van der Waals surface area contributed by atoms with Crippen LogP contribution in [-0.4, -0.2) is 38.4 Å².